The Morgan fingerprint density at radius 1 is 1.32 bits per heavy atom. The van der Waals surface area contributed by atoms with E-state index in [1.807, 2.05) is 0 Å². The van der Waals surface area contributed by atoms with Crippen LogP contribution in [0.2, 0.25) is 0 Å². The number of carboxylic acid groups (broad SMARTS) is 1. The minimum atomic E-state index is -2.92. The Bertz CT molecular complexity index is 815. The fourth-order valence-corrected chi connectivity index (χ4v) is 2.35. The number of rotatable bonds is 6. The van der Waals surface area contributed by atoms with Crippen molar-refractivity contribution in [1.29, 1.82) is 0 Å². The molecule has 1 aromatic heterocycles. The largest absolute Gasteiger partial charge is 0.480 e. The number of benzene rings is 1. The van der Waals surface area contributed by atoms with E-state index < -0.39 is 24.0 Å². The predicted molar refractivity (Wildman–Crippen MR) is 79.8 cm³/mol. The molecule has 2 aromatic rings. The molecule has 1 heterocycles. The van der Waals surface area contributed by atoms with Crippen LogP contribution in [0.3, 0.4) is 0 Å². The van der Waals surface area contributed by atoms with Gasteiger partial charge in [-0.1, -0.05) is 5.21 Å². The molecule has 2 N–H and O–H groups in total. The zero-order valence-electron chi connectivity index (χ0n) is 13.1. The molecule has 8 nitrogen and oxygen atoms in total. The summed E-state index contributed by atoms with van der Waals surface area (Å²) in [6.45, 7) is -1.32. The molecule has 0 spiro atoms. The first-order valence-electron chi connectivity index (χ1n) is 7.36. The molecule has 1 amide bonds. The number of hydrogen-bond acceptors (Lipinski definition) is 5. The second-order valence-electron chi connectivity index (χ2n) is 5.65. The Morgan fingerprint density at radius 3 is 2.48 bits per heavy atom. The van der Waals surface area contributed by atoms with Gasteiger partial charge in [0, 0.05) is 0 Å². The molecular formula is C15H14F2N4O4. The summed E-state index contributed by atoms with van der Waals surface area (Å²) in [5.74, 6) is -1.71. The fraction of sp³-hybridized carbons (Fsp3) is 0.333. The maximum absolute atomic E-state index is 12.3. The van der Waals surface area contributed by atoms with Crippen molar-refractivity contribution in [3.05, 3.63) is 35.7 Å². The molecule has 0 atom stereocenters. The summed E-state index contributed by atoms with van der Waals surface area (Å²) >= 11 is 0. The number of aromatic nitrogens is 3. The van der Waals surface area contributed by atoms with Crippen LogP contribution in [-0.2, 0) is 4.79 Å². The summed E-state index contributed by atoms with van der Waals surface area (Å²) in [7, 11) is 0. The topological polar surface area (TPSA) is 106 Å². The second kappa shape index (κ2) is 6.11. The maximum Gasteiger partial charge on any atom is 0.387 e. The number of halogens is 2. The molecule has 0 saturated heterocycles. The van der Waals surface area contributed by atoms with Crippen molar-refractivity contribution < 1.29 is 28.2 Å². The number of nitrogens with one attached hydrogen (secondary N) is 1. The Kier molecular flexibility index (Phi) is 4.11. The van der Waals surface area contributed by atoms with E-state index in [2.05, 4.69) is 20.4 Å². The van der Waals surface area contributed by atoms with Crippen LogP contribution in [0.1, 0.15) is 29.0 Å². The minimum Gasteiger partial charge on any atom is -0.480 e. The Morgan fingerprint density at radius 2 is 1.96 bits per heavy atom. The highest BCUT2D eigenvalue weighted by Gasteiger charge is 2.52. The van der Waals surface area contributed by atoms with Gasteiger partial charge in [0.25, 0.3) is 5.91 Å². The van der Waals surface area contributed by atoms with Crippen molar-refractivity contribution in [2.24, 2.45) is 0 Å². The number of amides is 1. The van der Waals surface area contributed by atoms with Crippen LogP contribution in [0.4, 0.5) is 8.78 Å². The maximum atomic E-state index is 12.3. The zero-order chi connectivity index (χ0) is 18.2. The van der Waals surface area contributed by atoms with E-state index in [1.165, 1.54) is 28.9 Å². The van der Waals surface area contributed by atoms with Gasteiger partial charge in [-0.25, -0.2) is 9.48 Å². The standard InChI is InChI=1S/C15H14F2N4O4/c1-8-11(12(22)18-15(6-7-15)13(23)24)19-20-21(8)9-2-4-10(5-3-9)25-14(16)17/h2-5,14H,6-7H2,1H3,(H,18,22)(H,23,24). The molecule has 132 valence electrons. The number of aliphatic carboxylic acids is 1. The van der Waals surface area contributed by atoms with Crippen molar-refractivity contribution in [3.63, 3.8) is 0 Å². The highest BCUT2D eigenvalue weighted by molar-refractivity contribution is 5.98. The van der Waals surface area contributed by atoms with Gasteiger partial charge in [0.2, 0.25) is 0 Å². The highest BCUT2D eigenvalue weighted by Crippen LogP contribution is 2.35. The second-order valence-corrected chi connectivity index (χ2v) is 5.65. The van der Waals surface area contributed by atoms with Gasteiger partial charge in [-0.15, -0.1) is 5.10 Å². The van der Waals surface area contributed by atoms with Gasteiger partial charge in [-0.2, -0.15) is 8.78 Å². The van der Waals surface area contributed by atoms with Gasteiger partial charge in [-0.05, 0) is 44.0 Å². The molecule has 1 aliphatic carbocycles. The molecule has 1 aromatic carbocycles. The third-order valence-electron chi connectivity index (χ3n) is 3.93. The summed E-state index contributed by atoms with van der Waals surface area (Å²) in [6, 6.07) is 5.65. The third-order valence-corrected chi connectivity index (χ3v) is 3.93. The van der Waals surface area contributed by atoms with Crippen LogP contribution >= 0.6 is 0 Å². The van der Waals surface area contributed by atoms with E-state index in [-0.39, 0.29) is 11.4 Å². The molecule has 0 radical (unpaired) electrons. The van der Waals surface area contributed by atoms with Gasteiger partial charge in [0.1, 0.15) is 11.3 Å². The van der Waals surface area contributed by atoms with Gasteiger partial charge in [-0.3, -0.25) is 4.79 Å². The summed E-state index contributed by atoms with van der Waals surface area (Å²) in [6.07, 6.45) is 0.736. The van der Waals surface area contributed by atoms with Crippen molar-refractivity contribution in [1.82, 2.24) is 20.3 Å². The number of hydrogen-bond donors (Lipinski definition) is 2. The Hall–Kier alpha value is -3.04. The lowest BCUT2D eigenvalue weighted by atomic mass is 10.2. The zero-order valence-corrected chi connectivity index (χ0v) is 13.1. The molecule has 3 rings (SSSR count). The number of carboxylic acids is 1. The molecule has 0 unspecified atom stereocenters. The number of carbonyl (C=O) groups is 2. The molecule has 1 saturated carbocycles. The molecular weight excluding hydrogens is 338 g/mol. The van der Waals surface area contributed by atoms with Crippen molar-refractivity contribution >= 4 is 11.9 Å². The first-order chi connectivity index (χ1) is 11.8. The van der Waals surface area contributed by atoms with Crippen LogP contribution < -0.4 is 10.1 Å². The Balaban J connectivity index is 1.79. The first-order valence-corrected chi connectivity index (χ1v) is 7.36. The number of nitrogens with zero attached hydrogens (tertiary/aromatic N) is 3. The molecule has 1 aliphatic rings. The summed E-state index contributed by atoms with van der Waals surface area (Å²) in [5, 5.41) is 19.2. The van der Waals surface area contributed by atoms with Crippen molar-refractivity contribution in [2.45, 2.75) is 31.9 Å². The third kappa shape index (κ3) is 3.28. The van der Waals surface area contributed by atoms with E-state index in [0.717, 1.165) is 0 Å². The summed E-state index contributed by atoms with van der Waals surface area (Å²) < 4.78 is 29.9. The minimum absolute atomic E-state index is 0.000400. The van der Waals surface area contributed by atoms with Crippen LogP contribution in [-0.4, -0.2) is 44.1 Å². The SMILES string of the molecule is Cc1c(C(=O)NC2(C(=O)O)CC2)nnn1-c1ccc(OC(F)F)cc1. The van der Waals surface area contributed by atoms with Gasteiger partial charge in [0.15, 0.2) is 5.69 Å². The van der Waals surface area contributed by atoms with Crippen LogP contribution in [0.5, 0.6) is 5.75 Å². The quantitative estimate of drug-likeness (QED) is 0.816. The van der Waals surface area contributed by atoms with Crippen molar-refractivity contribution in [3.8, 4) is 11.4 Å². The van der Waals surface area contributed by atoms with Gasteiger partial charge < -0.3 is 15.2 Å². The lowest BCUT2D eigenvalue weighted by molar-refractivity contribution is -0.140. The van der Waals surface area contributed by atoms with Crippen LogP contribution in [0.15, 0.2) is 24.3 Å². The van der Waals surface area contributed by atoms with E-state index in [4.69, 9.17) is 5.11 Å². The lowest BCUT2D eigenvalue weighted by Gasteiger charge is -2.11. The monoisotopic (exact) mass is 352 g/mol. The van der Waals surface area contributed by atoms with E-state index in [0.29, 0.717) is 24.2 Å². The predicted octanol–water partition coefficient (Wildman–Crippen LogP) is 1.52. The molecule has 10 heteroatoms. The highest BCUT2D eigenvalue weighted by atomic mass is 19.3. The smallest absolute Gasteiger partial charge is 0.387 e. The number of ether oxygens (including phenoxy) is 1. The molecule has 0 aliphatic heterocycles. The number of carbonyl (C=O) groups excluding carboxylic acids is 1. The van der Waals surface area contributed by atoms with Crippen LogP contribution in [0.25, 0.3) is 5.69 Å². The average Bonchev–Trinajstić information content (AvgIpc) is 3.23. The Labute approximate surface area is 140 Å². The normalized spacial score (nSPS) is 15.0. The number of alkyl halides is 2. The van der Waals surface area contributed by atoms with E-state index in [1.54, 1.807) is 6.92 Å². The van der Waals surface area contributed by atoms with Crippen molar-refractivity contribution in [2.75, 3.05) is 0 Å². The molecule has 0 bridgehead atoms. The average molecular weight is 352 g/mol. The summed E-state index contributed by atoms with van der Waals surface area (Å²) in [4.78, 5) is 23.4. The lowest BCUT2D eigenvalue weighted by Crippen LogP contribution is -2.43. The summed E-state index contributed by atoms with van der Waals surface area (Å²) in [5.41, 5.74) is -0.339. The van der Waals surface area contributed by atoms with E-state index >= 15 is 0 Å². The first kappa shape index (κ1) is 16.8. The van der Waals surface area contributed by atoms with E-state index in [9.17, 15) is 18.4 Å². The molecule has 1 fully saturated rings. The van der Waals surface area contributed by atoms with Crippen LogP contribution in [0, 0.1) is 6.92 Å². The molecule has 25 heavy (non-hydrogen) atoms. The van der Waals surface area contributed by atoms with Gasteiger partial charge >= 0.3 is 12.6 Å². The fourth-order valence-electron chi connectivity index (χ4n) is 2.35. The van der Waals surface area contributed by atoms with Gasteiger partial charge in [0.05, 0.1) is 11.4 Å².